The molecule has 1 heteroatoms. The lowest BCUT2D eigenvalue weighted by molar-refractivity contribution is 0.627. The number of hydrogen-bond donors (Lipinski definition) is 0. The summed E-state index contributed by atoms with van der Waals surface area (Å²) in [7, 11) is 0. The second kappa shape index (κ2) is 5.84. The van der Waals surface area contributed by atoms with E-state index in [-0.39, 0.29) is 11.7 Å². The predicted molar refractivity (Wildman–Crippen MR) is 72.7 cm³/mol. The van der Waals surface area contributed by atoms with Gasteiger partial charge < -0.3 is 0 Å². The van der Waals surface area contributed by atoms with E-state index in [1.165, 1.54) is 12.1 Å². The minimum Gasteiger partial charge on any atom is -0.207 e. The lowest BCUT2D eigenvalue weighted by Crippen LogP contribution is -1.90. The Morgan fingerprint density at radius 3 is 2.50 bits per heavy atom. The fraction of sp³-hybridized carbons (Fsp3) is 0.0588. The van der Waals surface area contributed by atoms with Gasteiger partial charge in [0.1, 0.15) is 5.82 Å². The lowest BCUT2D eigenvalue weighted by Gasteiger charge is -2.04. The van der Waals surface area contributed by atoms with Gasteiger partial charge in [0.15, 0.2) is 0 Å². The van der Waals surface area contributed by atoms with Gasteiger partial charge in [0.2, 0.25) is 0 Å². The van der Waals surface area contributed by atoms with E-state index in [0.717, 1.165) is 5.56 Å². The van der Waals surface area contributed by atoms with Crippen LogP contribution in [0, 0.1) is 17.7 Å². The van der Waals surface area contributed by atoms with Gasteiger partial charge in [0.05, 0.1) is 5.92 Å². The molecule has 0 fully saturated rings. The molecule has 0 spiro atoms. The molecule has 0 aliphatic rings. The Kier molecular flexibility index (Phi) is 3.94. The molecular formula is C17H13F. The summed E-state index contributed by atoms with van der Waals surface area (Å²) in [6.45, 7) is 3.79. The van der Waals surface area contributed by atoms with Gasteiger partial charge in [-0.25, -0.2) is 4.39 Å². The van der Waals surface area contributed by atoms with Gasteiger partial charge in [-0.3, -0.25) is 0 Å². The standard InChI is InChI=1S/C17H13F/c1-2-15(16-8-4-3-5-9-16)12-11-14-7-6-10-17(18)13-14/h2-10,13,15H,1H2/t15-/m1/s1. The Hall–Kier alpha value is -2.33. The van der Waals surface area contributed by atoms with Crippen LogP contribution >= 0.6 is 0 Å². The van der Waals surface area contributed by atoms with Crippen molar-refractivity contribution in [3.63, 3.8) is 0 Å². The van der Waals surface area contributed by atoms with Crippen LogP contribution < -0.4 is 0 Å². The monoisotopic (exact) mass is 236 g/mol. The van der Waals surface area contributed by atoms with Crippen molar-refractivity contribution in [1.82, 2.24) is 0 Å². The maximum Gasteiger partial charge on any atom is 0.124 e. The van der Waals surface area contributed by atoms with Crippen LogP contribution in [0.1, 0.15) is 17.0 Å². The molecule has 88 valence electrons. The third kappa shape index (κ3) is 3.09. The fourth-order valence-corrected chi connectivity index (χ4v) is 1.67. The smallest absolute Gasteiger partial charge is 0.124 e. The van der Waals surface area contributed by atoms with Gasteiger partial charge in [-0.1, -0.05) is 54.3 Å². The third-order valence-corrected chi connectivity index (χ3v) is 2.59. The number of halogens is 1. The maximum atomic E-state index is 13.0. The van der Waals surface area contributed by atoms with Crippen LogP contribution in [-0.2, 0) is 0 Å². The summed E-state index contributed by atoms with van der Waals surface area (Å²) in [6, 6.07) is 16.2. The van der Waals surface area contributed by atoms with Crippen LogP contribution in [0.3, 0.4) is 0 Å². The van der Waals surface area contributed by atoms with E-state index in [1.807, 2.05) is 30.3 Å². The molecule has 1 atom stereocenters. The van der Waals surface area contributed by atoms with E-state index in [1.54, 1.807) is 18.2 Å². The second-order valence-corrected chi connectivity index (χ2v) is 3.90. The normalized spacial score (nSPS) is 11.2. The van der Waals surface area contributed by atoms with E-state index in [4.69, 9.17) is 0 Å². The first-order valence-corrected chi connectivity index (χ1v) is 5.74. The third-order valence-electron chi connectivity index (χ3n) is 2.59. The highest BCUT2D eigenvalue weighted by atomic mass is 19.1. The molecule has 0 aromatic heterocycles. The van der Waals surface area contributed by atoms with Crippen molar-refractivity contribution >= 4 is 0 Å². The molecule has 2 rings (SSSR count). The zero-order valence-electron chi connectivity index (χ0n) is 9.94. The van der Waals surface area contributed by atoms with Gasteiger partial charge in [0, 0.05) is 5.56 Å². The summed E-state index contributed by atoms with van der Waals surface area (Å²) in [5.74, 6) is 5.77. The molecule has 0 aliphatic heterocycles. The number of hydrogen-bond acceptors (Lipinski definition) is 0. The largest absolute Gasteiger partial charge is 0.207 e. The van der Waals surface area contributed by atoms with Gasteiger partial charge >= 0.3 is 0 Å². The summed E-state index contributed by atoms with van der Waals surface area (Å²) >= 11 is 0. The zero-order chi connectivity index (χ0) is 12.8. The highest BCUT2D eigenvalue weighted by Crippen LogP contribution is 2.15. The quantitative estimate of drug-likeness (QED) is 0.543. The van der Waals surface area contributed by atoms with Crippen molar-refractivity contribution in [2.75, 3.05) is 0 Å². The maximum absolute atomic E-state index is 13.0. The Morgan fingerprint density at radius 2 is 1.83 bits per heavy atom. The Balaban J connectivity index is 2.25. The summed E-state index contributed by atoms with van der Waals surface area (Å²) in [5.41, 5.74) is 1.77. The first-order valence-electron chi connectivity index (χ1n) is 5.74. The van der Waals surface area contributed by atoms with Crippen LogP contribution in [0.15, 0.2) is 67.3 Å². The number of allylic oxidation sites excluding steroid dienone is 1. The van der Waals surface area contributed by atoms with Gasteiger partial charge in [-0.15, -0.1) is 6.58 Å². The minimum atomic E-state index is -0.267. The molecule has 2 aromatic carbocycles. The predicted octanol–water partition coefficient (Wildman–Crippen LogP) is 4.15. The van der Waals surface area contributed by atoms with Gasteiger partial charge in [0.25, 0.3) is 0 Å². The van der Waals surface area contributed by atoms with Gasteiger partial charge in [-0.05, 0) is 23.8 Å². The van der Waals surface area contributed by atoms with Crippen molar-refractivity contribution < 1.29 is 4.39 Å². The first kappa shape index (κ1) is 12.1. The van der Waals surface area contributed by atoms with Crippen molar-refractivity contribution in [3.05, 3.63) is 84.2 Å². The SMILES string of the molecule is C=C[C@H](C#Cc1cccc(F)c1)c1ccccc1. The molecule has 18 heavy (non-hydrogen) atoms. The fourth-order valence-electron chi connectivity index (χ4n) is 1.67. The number of rotatable bonds is 2. The molecule has 0 amide bonds. The van der Waals surface area contributed by atoms with Crippen molar-refractivity contribution in [1.29, 1.82) is 0 Å². The Labute approximate surface area is 107 Å². The topological polar surface area (TPSA) is 0 Å². The summed E-state index contributed by atoms with van der Waals surface area (Å²) in [4.78, 5) is 0. The number of benzene rings is 2. The van der Waals surface area contributed by atoms with Crippen LogP contribution in [0.2, 0.25) is 0 Å². The van der Waals surface area contributed by atoms with E-state index in [9.17, 15) is 4.39 Å². The molecule has 0 saturated heterocycles. The molecule has 0 aliphatic carbocycles. The van der Waals surface area contributed by atoms with Crippen LogP contribution in [0.4, 0.5) is 4.39 Å². The van der Waals surface area contributed by atoms with E-state index < -0.39 is 0 Å². The van der Waals surface area contributed by atoms with E-state index >= 15 is 0 Å². The van der Waals surface area contributed by atoms with E-state index in [0.29, 0.717) is 5.56 Å². The highest BCUT2D eigenvalue weighted by Gasteiger charge is 2.01. The molecule has 0 nitrogen and oxygen atoms in total. The van der Waals surface area contributed by atoms with Crippen LogP contribution in [-0.4, -0.2) is 0 Å². The molecule has 0 N–H and O–H groups in total. The first-order chi connectivity index (χ1) is 8.79. The molecule has 0 radical (unpaired) electrons. The van der Waals surface area contributed by atoms with Gasteiger partial charge in [-0.2, -0.15) is 0 Å². The molecule has 2 aromatic rings. The summed E-state index contributed by atoms with van der Waals surface area (Å²) < 4.78 is 13.0. The molecule has 0 heterocycles. The second-order valence-electron chi connectivity index (χ2n) is 3.90. The summed E-state index contributed by atoms with van der Waals surface area (Å²) in [5, 5.41) is 0. The minimum absolute atomic E-state index is 0.0329. The zero-order valence-corrected chi connectivity index (χ0v) is 9.94. The molecule has 0 bridgehead atoms. The lowest BCUT2D eigenvalue weighted by atomic mass is 9.99. The van der Waals surface area contributed by atoms with E-state index in [2.05, 4.69) is 18.4 Å². The Bertz CT molecular complexity index is 588. The average Bonchev–Trinajstić information content (AvgIpc) is 2.41. The molecular weight excluding hydrogens is 223 g/mol. The Morgan fingerprint density at radius 1 is 1.06 bits per heavy atom. The van der Waals surface area contributed by atoms with Crippen LogP contribution in [0.5, 0.6) is 0 Å². The highest BCUT2D eigenvalue weighted by molar-refractivity contribution is 5.40. The van der Waals surface area contributed by atoms with Crippen molar-refractivity contribution in [2.45, 2.75) is 5.92 Å². The average molecular weight is 236 g/mol. The molecule has 0 unspecified atom stereocenters. The summed E-state index contributed by atoms with van der Waals surface area (Å²) in [6.07, 6.45) is 1.79. The van der Waals surface area contributed by atoms with Crippen molar-refractivity contribution in [3.8, 4) is 11.8 Å². The van der Waals surface area contributed by atoms with Crippen molar-refractivity contribution in [2.24, 2.45) is 0 Å². The molecule has 0 saturated carbocycles. The van der Waals surface area contributed by atoms with Crippen LogP contribution in [0.25, 0.3) is 0 Å².